The minimum Gasteiger partial charge on any atom is -0.393 e. The molecule has 0 spiro atoms. The van der Waals surface area contributed by atoms with Crippen molar-refractivity contribution >= 4 is 28.9 Å². The Morgan fingerprint density at radius 2 is 1.29 bits per heavy atom. The Morgan fingerprint density at radius 3 is 1.57 bits per heavy atom. The lowest BCUT2D eigenvalue weighted by molar-refractivity contribution is 0.143. The molecule has 0 saturated heterocycles. The molecule has 21 heavy (non-hydrogen) atoms. The maximum Gasteiger partial charge on any atom is 0.247 e. The first-order valence-electron chi connectivity index (χ1n) is 7.83. The average molecular weight is 357 g/mol. The van der Waals surface area contributed by atoms with Crippen LogP contribution in [0.15, 0.2) is 0 Å². The smallest absolute Gasteiger partial charge is 0.247 e. The quantitative estimate of drug-likeness (QED) is 0.513. The van der Waals surface area contributed by atoms with E-state index in [1.165, 1.54) is 11.4 Å². The molecule has 0 fully saturated rings. The van der Waals surface area contributed by atoms with Gasteiger partial charge >= 0.3 is 0 Å². The summed E-state index contributed by atoms with van der Waals surface area (Å²) in [4.78, 5) is 0. The van der Waals surface area contributed by atoms with Gasteiger partial charge in [0.2, 0.25) is 5.69 Å². The molecule has 0 aliphatic carbocycles. The Morgan fingerprint density at radius 1 is 0.905 bits per heavy atom. The van der Waals surface area contributed by atoms with Crippen LogP contribution in [0.5, 0.6) is 0 Å². The predicted molar refractivity (Wildman–Crippen MR) is 98.4 cm³/mol. The van der Waals surface area contributed by atoms with Crippen molar-refractivity contribution in [3.8, 4) is 0 Å². The van der Waals surface area contributed by atoms with Crippen molar-refractivity contribution in [3.63, 3.8) is 0 Å². The highest BCUT2D eigenvalue weighted by Gasteiger charge is 2.27. The molecular formula is C15H33O3PS2. The Hall–Kier alpha value is 0.880. The molecule has 0 saturated carbocycles. The lowest BCUT2D eigenvalue weighted by atomic mass is 10.1. The van der Waals surface area contributed by atoms with E-state index in [9.17, 15) is 5.11 Å². The summed E-state index contributed by atoms with van der Waals surface area (Å²) in [6.45, 7) is 14.6. The van der Waals surface area contributed by atoms with E-state index in [-0.39, 0.29) is 12.2 Å². The first kappa shape index (κ1) is 21.9. The number of hydrogen-bond acceptors (Lipinski definition) is 5. The van der Waals surface area contributed by atoms with Gasteiger partial charge in [0, 0.05) is 5.75 Å². The van der Waals surface area contributed by atoms with Crippen molar-refractivity contribution in [2.24, 2.45) is 11.8 Å². The first-order valence-corrected chi connectivity index (χ1v) is 12.1. The number of rotatable bonds is 11. The van der Waals surface area contributed by atoms with Gasteiger partial charge in [-0.05, 0) is 57.3 Å². The lowest BCUT2D eigenvalue weighted by Crippen LogP contribution is -2.15. The SMILES string of the molecule is CC(C)CC(C)OP(=S)(OC(C)CC(C)C)SCC(C)O. The van der Waals surface area contributed by atoms with E-state index in [0.29, 0.717) is 17.6 Å². The summed E-state index contributed by atoms with van der Waals surface area (Å²) in [7, 11) is 0. The maximum absolute atomic E-state index is 9.51. The van der Waals surface area contributed by atoms with E-state index in [4.69, 9.17) is 20.9 Å². The molecule has 0 aliphatic rings. The molecule has 3 unspecified atom stereocenters. The van der Waals surface area contributed by atoms with Crippen LogP contribution in [0.2, 0.25) is 0 Å². The molecule has 3 nitrogen and oxygen atoms in total. The van der Waals surface area contributed by atoms with Crippen LogP contribution in [0, 0.1) is 11.8 Å². The van der Waals surface area contributed by atoms with Gasteiger partial charge < -0.3 is 14.2 Å². The summed E-state index contributed by atoms with van der Waals surface area (Å²) in [5.41, 5.74) is -2.41. The van der Waals surface area contributed by atoms with Gasteiger partial charge in [0.05, 0.1) is 18.3 Å². The van der Waals surface area contributed by atoms with Gasteiger partial charge in [-0.15, -0.1) is 0 Å². The molecule has 0 bridgehead atoms. The van der Waals surface area contributed by atoms with Crippen LogP contribution < -0.4 is 0 Å². The monoisotopic (exact) mass is 356 g/mol. The zero-order valence-corrected chi connectivity index (χ0v) is 17.1. The van der Waals surface area contributed by atoms with Crippen molar-refractivity contribution in [1.82, 2.24) is 0 Å². The summed E-state index contributed by atoms with van der Waals surface area (Å²) in [5, 5.41) is 9.51. The highest BCUT2D eigenvalue weighted by Crippen LogP contribution is 2.63. The largest absolute Gasteiger partial charge is 0.393 e. The van der Waals surface area contributed by atoms with Crippen molar-refractivity contribution in [2.75, 3.05) is 5.75 Å². The van der Waals surface area contributed by atoms with Crippen LogP contribution in [0.1, 0.15) is 61.3 Å². The zero-order valence-electron chi connectivity index (χ0n) is 14.5. The van der Waals surface area contributed by atoms with Crippen LogP contribution in [-0.4, -0.2) is 29.2 Å². The zero-order chi connectivity index (χ0) is 16.6. The fourth-order valence-corrected chi connectivity index (χ4v) is 7.63. The van der Waals surface area contributed by atoms with Crippen molar-refractivity contribution in [3.05, 3.63) is 0 Å². The van der Waals surface area contributed by atoms with Gasteiger partial charge in [-0.25, -0.2) is 0 Å². The summed E-state index contributed by atoms with van der Waals surface area (Å²) < 4.78 is 12.2. The van der Waals surface area contributed by atoms with E-state index >= 15 is 0 Å². The van der Waals surface area contributed by atoms with Gasteiger partial charge in [-0.2, -0.15) is 0 Å². The molecule has 0 aromatic carbocycles. The summed E-state index contributed by atoms with van der Waals surface area (Å²) in [6.07, 6.45) is 1.71. The fourth-order valence-electron chi connectivity index (χ4n) is 2.14. The second kappa shape index (κ2) is 10.6. The standard InChI is InChI=1S/C15H33O3PS2/c1-11(2)8-14(6)17-19(20,21-10-13(5)16)18-15(7)9-12(3)4/h11-16H,8-10H2,1-7H3. The van der Waals surface area contributed by atoms with Gasteiger partial charge in [0.15, 0.2) is 0 Å². The minimum atomic E-state index is -2.41. The molecular weight excluding hydrogens is 323 g/mol. The molecule has 0 rings (SSSR count). The molecule has 1 N–H and O–H groups in total. The van der Waals surface area contributed by atoms with Crippen molar-refractivity contribution < 1.29 is 14.2 Å². The van der Waals surface area contributed by atoms with Gasteiger partial charge in [0.25, 0.3) is 0 Å². The molecule has 6 heteroatoms. The molecule has 3 atom stereocenters. The highest BCUT2D eigenvalue weighted by molar-refractivity contribution is 8.67. The Labute approximate surface area is 140 Å². The summed E-state index contributed by atoms with van der Waals surface area (Å²) in [6, 6.07) is 0. The van der Waals surface area contributed by atoms with Gasteiger partial charge in [-0.3, -0.25) is 0 Å². The van der Waals surface area contributed by atoms with Crippen LogP contribution in [0.3, 0.4) is 0 Å². The van der Waals surface area contributed by atoms with E-state index in [0.717, 1.165) is 12.8 Å². The van der Waals surface area contributed by atoms with E-state index in [1.807, 2.05) is 0 Å². The number of aliphatic hydroxyl groups excluding tert-OH is 1. The average Bonchev–Trinajstić information content (AvgIpc) is 2.23. The van der Waals surface area contributed by atoms with Crippen LogP contribution >= 0.6 is 17.1 Å². The van der Waals surface area contributed by atoms with Crippen molar-refractivity contribution in [2.45, 2.75) is 79.6 Å². The second-order valence-electron chi connectivity index (χ2n) is 6.68. The minimum absolute atomic E-state index is 0.0867. The molecule has 0 aliphatic heterocycles. The summed E-state index contributed by atoms with van der Waals surface area (Å²) in [5.74, 6) is 1.69. The normalized spacial score (nSPS) is 19.5. The molecule has 0 aromatic heterocycles. The van der Waals surface area contributed by atoms with Crippen molar-refractivity contribution in [1.29, 1.82) is 0 Å². The third-order valence-corrected chi connectivity index (χ3v) is 8.26. The number of hydrogen-bond donors (Lipinski definition) is 1. The maximum atomic E-state index is 9.51. The topological polar surface area (TPSA) is 38.7 Å². The Balaban J connectivity index is 4.71. The molecule has 128 valence electrons. The van der Waals surface area contributed by atoms with Crippen LogP contribution in [0.4, 0.5) is 0 Å². The van der Waals surface area contributed by atoms with Crippen LogP contribution in [0.25, 0.3) is 0 Å². The highest BCUT2D eigenvalue weighted by atomic mass is 32.9. The first-order chi connectivity index (χ1) is 9.54. The third kappa shape index (κ3) is 12.0. The fraction of sp³-hybridized carbons (Fsp3) is 1.00. The molecule has 0 aromatic rings. The van der Waals surface area contributed by atoms with Gasteiger partial charge in [-0.1, -0.05) is 39.1 Å². The predicted octanol–water partition coefficient (Wildman–Crippen LogP) is 5.23. The summed E-state index contributed by atoms with van der Waals surface area (Å²) >= 11 is 7.17. The molecule has 0 radical (unpaired) electrons. The Kier molecular flexibility index (Phi) is 11.1. The second-order valence-corrected chi connectivity index (χ2v) is 12.9. The van der Waals surface area contributed by atoms with E-state index in [2.05, 4.69) is 41.5 Å². The number of aliphatic hydroxyl groups is 1. The van der Waals surface area contributed by atoms with E-state index in [1.54, 1.807) is 6.92 Å². The molecule has 0 heterocycles. The third-order valence-electron chi connectivity index (χ3n) is 2.70. The van der Waals surface area contributed by atoms with E-state index < -0.39 is 11.8 Å². The lowest BCUT2D eigenvalue weighted by Gasteiger charge is -2.29. The van der Waals surface area contributed by atoms with Crippen LogP contribution in [-0.2, 0) is 20.9 Å². The molecule has 0 amide bonds. The Bertz CT molecular complexity index is 300. The van der Waals surface area contributed by atoms with Gasteiger partial charge in [0.1, 0.15) is 0 Å².